The summed E-state index contributed by atoms with van der Waals surface area (Å²) in [6.45, 7) is 6.38. The third-order valence-corrected chi connectivity index (χ3v) is 7.08. The number of ether oxygens (including phenoxy) is 1. The fraction of sp³-hybridized carbons (Fsp3) is 0.417. The number of carbonyl (C=O) groups is 2. The molecule has 33 heavy (non-hydrogen) atoms. The Morgan fingerprint density at radius 3 is 2.79 bits per heavy atom. The maximum Gasteiger partial charge on any atom is 0.261 e. The third-order valence-electron chi connectivity index (χ3n) is 7.08. The Morgan fingerprint density at radius 2 is 2.06 bits per heavy atom. The minimum absolute atomic E-state index is 0.162. The predicted octanol–water partition coefficient (Wildman–Crippen LogP) is 2.41. The Hall–Kier alpha value is -3.62. The van der Waals surface area contributed by atoms with Crippen LogP contribution in [0.2, 0.25) is 0 Å². The van der Waals surface area contributed by atoms with Gasteiger partial charge in [0.2, 0.25) is 5.91 Å². The van der Waals surface area contributed by atoms with E-state index in [4.69, 9.17) is 4.74 Å². The van der Waals surface area contributed by atoms with Crippen LogP contribution in [0.25, 0.3) is 5.65 Å². The van der Waals surface area contributed by atoms with Crippen molar-refractivity contribution in [3.63, 3.8) is 0 Å². The van der Waals surface area contributed by atoms with Gasteiger partial charge in [-0.1, -0.05) is 0 Å². The lowest BCUT2D eigenvalue weighted by Gasteiger charge is -2.47. The van der Waals surface area contributed by atoms with Gasteiger partial charge in [0.1, 0.15) is 16.9 Å². The van der Waals surface area contributed by atoms with Crippen molar-refractivity contribution in [2.45, 2.75) is 38.7 Å². The summed E-state index contributed by atoms with van der Waals surface area (Å²) < 4.78 is 7.77. The quantitative estimate of drug-likeness (QED) is 0.600. The van der Waals surface area contributed by atoms with E-state index in [1.165, 1.54) is 6.20 Å². The summed E-state index contributed by atoms with van der Waals surface area (Å²) in [4.78, 5) is 31.9. The summed E-state index contributed by atoms with van der Waals surface area (Å²) in [5.74, 6) is 0.762. The number of rotatable bonds is 3. The number of anilines is 2. The number of hydrogen-bond donors (Lipinski definition) is 2. The van der Waals surface area contributed by atoms with Gasteiger partial charge in [-0.2, -0.15) is 5.10 Å². The molecular formula is C24H26N6O3. The lowest BCUT2D eigenvalue weighted by Crippen LogP contribution is -2.62. The number of β-lactam (4-membered cyclic amide) rings is 1. The summed E-state index contributed by atoms with van der Waals surface area (Å²) in [5.41, 5.74) is 3.15. The molecule has 0 aliphatic carbocycles. The molecular weight excluding hydrogens is 420 g/mol. The molecule has 0 saturated carbocycles. The summed E-state index contributed by atoms with van der Waals surface area (Å²) >= 11 is 0. The summed E-state index contributed by atoms with van der Waals surface area (Å²) in [6, 6.07) is 5.83. The number of aromatic nitrogens is 3. The average molecular weight is 447 g/mol. The van der Waals surface area contributed by atoms with Crippen LogP contribution in [0.15, 0.2) is 36.8 Å². The van der Waals surface area contributed by atoms with E-state index in [1.54, 1.807) is 23.0 Å². The number of fused-ring (bicyclic) bond motifs is 2. The van der Waals surface area contributed by atoms with Crippen molar-refractivity contribution in [1.82, 2.24) is 19.9 Å². The van der Waals surface area contributed by atoms with Gasteiger partial charge >= 0.3 is 0 Å². The van der Waals surface area contributed by atoms with E-state index in [0.717, 1.165) is 61.6 Å². The Morgan fingerprint density at radius 1 is 1.24 bits per heavy atom. The zero-order chi connectivity index (χ0) is 22.8. The van der Waals surface area contributed by atoms with Crippen molar-refractivity contribution in [3.8, 4) is 5.75 Å². The molecule has 170 valence electrons. The Kier molecular flexibility index (Phi) is 4.21. The largest absolute Gasteiger partial charge is 0.487 e. The zero-order valence-electron chi connectivity index (χ0n) is 18.7. The van der Waals surface area contributed by atoms with Gasteiger partial charge < -0.3 is 20.3 Å². The normalized spacial score (nSPS) is 20.2. The molecule has 2 saturated heterocycles. The number of nitrogens with one attached hydrogen (secondary N) is 2. The van der Waals surface area contributed by atoms with Crippen LogP contribution in [0, 0.1) is 5.41 Å². The van der Waals surface area contributed by atoms with E-state index in [9.17, 15) is 9.59 Å². The first kappa shape index (κ1) is 20.0. The van der Waals surface area contributed by atoms with E-state index in [1.807, 2.05) is 12.1 Å². The first-order valence-electron chi connectivity index (χ1n) is 11.3. The highest BCUT2D eigenvalue weighted by Gasteiger charge is 2.48. The van der Waals surface area contributed by atoms with Gasteiger partial charge in [-0.25, -0.2) is 9.50 Å². The highest BCUT2D eigenvalue weighted by atomic mass is 16.5. The van der Waals surface area contributed by atoms with Crippen LogP contribution in [0.4, 0.5) is 11.4 Å². The number of amides is 2. The van der Waals surface area contributed by atoms with Crippen LogP contribution in [0.3, 0.4) is 0 Å². The third kappa shape index (κ3) is 3.21. The molecule has 0 radical (unpaired) electrons. The molecule has 1 aromatic carbocycles. The molecule has 6 rings (SSSR count). The molecule has 3 aliphatic rings. The SMILES string of the molecule is CC1(C)Cc2cc(NC(=O)c3cnn4cccnc34)c(N3CCC4(CC3)CNC4=O)cc2O1. The molecule has 1 spiro atoms. The number of benzene rings is 1. The molecule has 0 unspecified atom stereocenters. The average Bonchev–Trinajstić information content (AvgIpc) is 3.36. The first-order chi connectivity index (χ1) is 15.8. The predicted molar refractivity (Wildman–Crippen MR) is 123 cm³/mol. The van der Waals surface area contributed by atoms with Crippen molar-refractivity contribution in [2.75, 3.05) is 29.9 Å². The molecule has 5 heterocycles. The molecule has 0 atom stereocenters. The monoisotopic (exact) mass is 446 g/mol. The maximum atomic E-state index is 13.2. The Bertz CT molecular complexity index is 1290. The van der Waals surface area contributed by atoms with Crippen LogP contribution in [0.5, 0.6) is 5.75 Å². The molecule has 2 fully saturated rings. The first-order valence-corrected chi connectivity index (χ1v) is 11.3. The number of carbonyl (C=O) groups excluding carboxylic acids is 2. The highest BCUT2D eigenvalue weighted by molar-refractivity contribution is 6.09. The van der Waals surface area contributed by atoms with Crippen molar-refractivity contribution in [3.05, 3.63) is 47.9 Å². The van der Waals surface area contributed by atoms with E-state index in [-0.39, 0.29) is 22.8 Å². The second-order valence-corrected chi connectivity index (χ2v) is 9.87. The van der Waals surface area contributed by atoms with Crippen molar-refractivity contribution in [2.24, 2.45) is 5.41 Å². The van der Waals surface area contributed by atoms with Gasteiger partial charge in [0.05, 0.1) is 23.0 Å². The second kappa shape index (κ2) is 6.94. The maximum absolute atomic E-state index is 13.2. The van der Waals surface area contributed by atoms with Gasteiger partial charge in [0.25, 0.3) is 5.91 Å². The highest BCUT2D eigenvalue weighted by Crippen LogP contribution is 2.44. The minimum atomic E-state index is -0.287. The number of nitrogens with zero attached hydrogens (tertiary/aromatic N) is 4. The molecule has 3 aromatic rings. The molecule has 2 N–H and O–H groups in total. The summed E-state index contributed by atoms with van der Waals surface area (Å²) in [6.07, 6.45) is 7.32. The van der Waals surface area contributed by atoms with E-state index in [2.05, 4.69) is 39.5 Å². The fourth-order valence-electron chi connectivity index (χ4n) is 5.17. The van der Waals surface area contributed by atoms with Gasteiger partial charge in [0.15, 0.2) is 5.65 Å². The van der Waals surface area contributed by atoms with E-state index in [0.29, 0.717) is 11.2 Å². The topological polar surface area (TPSA) is 101 Å². The smallest absolute Gasteiger partial charge is 0.261 e. The number of piperidine rings is 1. The van der Waals surface area contributed by atoms with Crippen LogP contribution >= 0.6 is 0 Å². The molecule has 9 nitrogen and oxygen atoms in total. The summed E-state index contributed by atoms with van der Waals surface area (Å²) in [7, 11) is 0. The molecule has 9 heteroatoms. The van der Waals surface area contributed by atoms with Crippen molar-refractivity contribution >= 4 is 28.8 Å². The molecule has 0 bridgehead atoms. The van der Waals surface area contributed by atoms with E-state index >= 15 is 0 Å². The van der Waals surface area contributed by atoms with Crippen molar-refractivity contribution in [1.29, 1.82) is 0 Å². The van der Waals surface area contributed by atoms with Crippen LogP contribution in [-0.4, -0.2) is 51.6 Å². The number of hydrogen-bond acceptors (Lipinski definition) is 6. The van der Waals surface area contributed by atoms with Gasteiger partial charge in [-0.15, -0.1) is 0 Å². The van der Waals surface area contributed by atoms with Gasteiger partial charge in [0, 0.05) is 50.1 Å². The molecule has 3 aliphatic heterocycles. The fourth-order valence-corrected chi connectivity index (χ4v) is 5.17. The van der Waals surface area contributed by atoms with Gasteiger partial charge in [-0.3, -0.25) is 9.59 Å². The van der Waals surface area contributed by atoms with Crippen LogP contribution in [0.1, 0.15) is 42.6 Å². The lowest BCUT2D eigenvalue weighted by atomic mass is 9.72. The molecule has 2 amide bonds. The van der Waals surface area contributed by atoms with E-state index < -0.39 is 0 Å². The lowest BCUT2D eigenvalue weighted by molar-refractivity contribution is -0.141. The Balaban J connectivity index is 1.33. The summed E-state index contributed by atoms with van der Waals surface area (Å²) in [5, 5.41) is 10.2. The zero-order valence-corrected chi connectivity index (χ0v) is 18.7. The molecule has 2 aromatic heterocycles. The second-order valence-electron chi connectivity index (χ2n) is 9.87. The van der Waals surface area contributed by atoms with Crippen LogP contribution in [-0.2, 0) is 11.2 Å². The standard InChI is InChI=1S/C24H26N6O3/c1-23(2)12-15-10-17(28-21(31)16-13-27-30-7-3-6-25-20(16)30)18(11-19(15)33-23)29-8-4-24(5-9-29)14-26-22(24)32/h3,6-7,10-11,13H,4-5,8-9,12,14H2,1-2H3,(H,26,32)(H,28,31). The van der Waals surface area contributed by atoms with Gasteiger partial charge in [-0.05, 0) is 38.8 Å². The minimum Gasteiger partial charge on any atom is -0.487 e. The Labute approximate surface area is 191 Å². The van der Waals surface area contributed by atoms with Crippen molar-refractivity contribution < 1.29 is 14.3 Å². The van der Waals surface area contributed by atoms with Crippen LogP contribution < -0.4 is 20.3 Å².